The van der Waals surface area contributed by atoms with Crippen LogP contribution in [0.1, 0.15) is 0 Å². The Bertz CT molecular complexity index is 124. The van der Waals surface area contributed by atoms with E-state index in [2.05, 4.69) is 0 Å². The average molecular weight is 202 g/mol. The van der Waals surface area contributed by atoms with E-state index in [0.717, 1.165) is 0 Å². The quantitative estimate of drug-likeness (QED) is 0.574. The summed E-state index contributed by atoms with van der Waals surface area (Å²) in [7, 11) is 0. The minimum atomic E-state index is -1.44. The smallest absolute Gasteiger partial charge is 0.334 e. The largest absolute Gasteiger partial charge is 0.479 e. The highest BCUT2D eigenvalue weighted by molar-refractivity contribution is 7.98. The van der Waals surface area contributed by atoms with Crippen molar-refractivity contribution in [3.63, 3.8) is 0 Å². The molecule has 0 aromatic carbocycles. The van der Waals surface area contributed by atoms with Crippen molar-refractivity contribution in [3.05, 3.63) is 0 Å². The second kappa shape index (κ2) is 6.72. The van der Waals surface area contributed by atoms with Crippen LogP contribution in [0.5, 0.6) is 0 Å². The van der Waals surface area contributed by atoms with Gasteiger partial charge in [0, 0.05) is 5.75 Å². The topological polar surface area (TPSA) is 83.5 Å². The number of carboxylic acid groups (broad SMARTS) is 1. The number of halogens is 1. The third kappa shape index (κ3) is 5.32. The van der Waals surface area contributed by atoms with Crippen LogP contribution in [0.15, 0.2) is 0 Å². The van der Waals surface area contributed by atoms with Gasteiger partial charge in [-0.2, -0.15) is 11.8 Å². The molecule has 0 aromatic heterocycles. The molecule has 0 heterocycles. The first-order valence-electron chi connectivity index (χ1n) is 2.75. The molecule has 0 radical (unpaired) electrons. The second-order valence-electron chi connectivity index (χ2n) is 1.90. The molecule has 11 heavy (non-hydrogen) atoms. The maximum Gasteiger partial charge on any atom is 0.334 e. The van der Waals surface area contributed by atoms with Crippen LogP contribution in [0, 0.1) is 0 Å². The third-order valence-corrected chi connectivity index (χ3v) is 1.74. The predicted molar refractivity (Wildman–Crippen MR) is 47.2 cm³/mol. The molecule has 0 rings (SSSR count). The summed E-state index contributed by atoms with van der Waals surface area (Å²) in [4.78, 5) is 10.1. The standard InChI is InChI=1S/C5H11NO3S.ClH/c1-10-2-3(6)4(7)5(8)9;/h3-4,7H,2,6H2,1H3,(H,8,9);1H/t3-,4?;/m1./s1. The monoisotopic (exact) mass is 201 g/mol. The number of aliphatic hydroxyl groups is 1. The summed E-state index contributed by atoms with van der Waals surface area (Å²) in [6.07, 6.45) is 0.362. The van der Waals surface area contributed by atoms with Gasteiger partial charge in [0.1, 0.15) is 0 Å². The van der Waals surface area contributed by atoms with Crippen molar-refractivity contribution in [2.75, 3.05) is 12.0 Å². The van der Waals surface area contributed by atoms with Crippen LogP contribution in [0.3, 0.4) is 0 Å². The van der Waals surface area contributed by atoms with E-state index >= 15 is 0 Å². The van der Waals surface area contributed by atoms with Crippen molar-refractivity contribution in [2.45, 2.75) is 12.1 Å². The molecule has 4 N–H and O–H groups in total. The molecule has 4 nitrogen and oxygen atoms in total. The second-order valence-corrected chi connectivity index (χ2v) is 2.81. The van der Waals surface area contributed by atoms with Gasteiger partial charge in [-0.25, -0.2) is 4.79 Å². The molecule has 0 amide bonds. The van der Waals surface area contributed by atoms with E-state index in [9.17, 15) is 4.79 Å². The first-order chi connectivity index (χ1) is 4.59. The molecular formula is C5H12ClNO3S. The van der Waals surface area contributed by atoms with E-state index in [0.29, 0.717) is 5.75 Å². The van der Waals surface area contributed by atoms with Crippen LogP contribution in [0.4, 0.5) is 0 Å². The van der Waals surface area contributed by atoms with Gasteiger partial charge in [0.2, 0.25) is 0 Å². The summed E-state index contributed by atoms with van der Waals surface area (Å²) in [6, 6.07) is -0.674. The van der Waals surface area contributed by atoms with E-state index in [4.69, 9.17) is 15.9 Å². The van der Waals surface area contributed by atoms with Gasteiger partial charge in [-0.15, -0.1) is 12.4 Å². The van der Waals surface area contributed by atoms with Crippen LogP contribution >= 0.6 is 24.2 Å². The van der Waals surface area contributed by atoms with Crippen molar-refractivity contribution in [3.8, 4) is 0 Å². The molecule has 0 saturated carbocycles. The Morgan fingerprint density at radius 1 is 1.73 bits per heavy atom. The van der Waals surface area contributed by atoms with E-state index < -0.39 is 18.1 Å². The minimum Gasteiger partial charge on any atom is -0.479 e. The maximum absolute atomic E-state index is 10.1. The summed E-state index contributed by atoms with van der Waals surface area (Å²) in [5.74, 6) is -0.811. The summed E-state index contributed by atoms with van der Waals surface area (Å²) in [5, 5.41) is 17.0. The third-order valence-electron chi connectivity index (χ3n) is 1.02. The molecule has 1 unspecified atom stereocenters. The Balaban J connectivity index is 0. The van der Waals surface area contributed by atoms with Gasteiger partial charge >= 0.3 is 5.97 Å². The van der Waals surface area contributed by atoms with Crippen LogP contribution < -0.4 is 5.73 Å². The highest BCUT2D eigenvalue weighted by Gasteiger charge is 2.20. The molecule has 0 aliphatic heterocycles. The Morgan fingerprint density at radius 2 is 2.18 bits per heavy atom. The lowest BCUT2D eigenvalue weighted by molar-refractivity contribution is -0.147. The molecule has 0 aromatic rings. The maximum atomic E-state index is 10.1. The number of hydrogen-bond donors (Lipinski definition) is 3. The predicted octanol–water partition coefficient (Wildman–Crippen LogP) is -0.456. The van der Waals surface area contributed by atoms with E-state index in [1.807, 2.05) is 0 Å². The number of hydrogen-bond acceptors (Lipinski definition) is 4. The van der Waals surface area contributed by atoms with Crippen molar-refractivity contribution in [1.82, 2.24) is 0 Å². The zero-order valence-corrected chi connectivity index (χ0v) is 7.69. The molecule has 0 fully saturated rings. The lowest BCUT2D eigenvalue weighted by Gasteiger charge is -2.12. The summed E-state index contributed by atoms with van der Waals surface area (Å²) in [6.45, 7) is 0. The molecule has 0 bridgehead atoms. The molecule has 0 spiro atoms. The highest BCUT2D eigenvalue weighted by atomic mass is 35.5. The number of aliphatic carboxylic acids is 1. The van der Waals surface area contributed by atoms with Crippen molar-refractivity contribution in [2.24, 2.45) is 5.73 Å². The Kier molecular flexibility index (Phi) is 8.32. The zero-order chi connectivity index (χ0) is 8.15. The normalized spacial score (nSPS) is 14.8. The summed E-state index contributed by atoms with van der Waals surface area (Å²) < 4.78 is 0. The van der Waals surface area contributed by atoms with Gasteiger partial charge in [-0.05, 0) is 6.26 Å². The number of nitrogens with two attached hydrogens (primary N) is 1. The van der Waals surface area contributed by atoms with Gasteiger partial charge in [0.25, 0.3) is 0 Å². The van der Waals surface area contributed by atoms with Crippen molar-refractivity contribution < 1.29 is 15.0 Å². The number of carbonyl (C=O) groups is 1. The Hall–Kier alpha value is 0.0300. The number of carboxylic acids is 1. The average Bonchev–Trinajstić information content (AvgIpc) is 1.87. The molecule has 68 valence electrons. The Labute approximate surface area is 75.6 Å². The molecule has 2 atom stereocenters. The van der Waals surface area contributed by atoms with Gasteiger partial charge in [0.15, 0.2) is 6.10 Å². The van der Waals surface area contributed by atoms with Crippen LogP contribution in [0.2, 0.25) is 0 Å². The highest BCUT2D eigenvalue weighted by Crippen LogP contribution is 1.99. The number of aliphatic hydroxyl groups excluding tert-OH is 1. The molecule has 0 aliphatic rings. The van der Waals surface area contributed by atoms with Gasteiger partial charge in [-0.3, -0.25) is 0 Å². The first kappa shape index (κ1) is 13.6. The Morgan fingerprint density at radius 3 is 2.45 bits per heavy atom. The van der Waals surface area contributed by atoms with Crippen LogP contribution in [-0.2, 0) is 4.79 Å². The number of rotatable bonds is 4. The van der Waals surface area contributed by atoms with Crippen LogP contribution in [-0.4, -0.2) is 40.3 Å². The SMILES string of the molecule is CSC[C@@H](N)C(O)C(=O)O.Cl. The van der Waals surface area contributed by atoms with E-state index in [-0.39, 0.29) is 12.4 Å². The van der Waals surface area contributed by atoms with Crippen LogP contribution in [0.25, 0.3) is 0 Å². The molecule has 0 aliphatic carbocycles. The van der Waals surface area contributed by atoms with Gasteiger partial charge < -0.3 is 15.9 Å². The molecule has 6 heteroatoms. The first-order valence-corrected chi connectivity index (χ1v) is 4.14. The van der Waals surface area contributed by atoms with Crippen molar-refractivity contribution >= 4 is 30.1 Å². The minimum absolute atomic E-state index is 0. The fraction of sp³-hybridized carbons (Fsp3) is 0.800. The summed E-state index contributed by atoms with van der Waals surface area (Å²) in [5.41, 5.74) is 5.28. The molecule has 0 saturated heterocycles. The fourth-order valence-electron chi connectivity index (χ4n) is 0.467. The zero-order valence-electron chi connectivity index (χ0n) is 6.06. The number of thioether (sulfide) groups is 1. The molecular weight excluding hydrogens is 190 g/mol. The van der Waals surface area contributed by atoms with Gasteiger partial charge in [-0.1, -0.05) is 0 Å². The van der Waals surface area contributed by atoms with E-state index in [1.165, 1.54) is 11.8 Å². The summed E-state index contributed by atoms with van der Waals surface area (Å²) >= 11 is 1.41. The van der Waals surface area contributed by atoms with E-state index in [1.54, 1.807) is 6.26 Å². The lowest BCUT2D eigenvalue weighted by atomic mass is 10.2. The van der Waals surface area contributed by atoms with Gasteiger partial charge in [0.05, 0.1) is 6.04 Å². The van der Waals surface area contributed by atoms with Crippen molar-refractivity contribution in [1.29, 1.82) is 0 Å². The fourth-order valence-corrected chi connectivity index (χ4v) is 1.03. The lowest BCUT2D eigenvalue weighted by Crippen LogP contribution is -2.42.